The Kier molecular flexibility index (Phi) is 7.43. The Bertz CT molecular complexity index is 1120. The number of likely N-dealkylation sites (tertiary alicyclic amines) is 1. The Labute approximate surface area is 225 Å². The largest absolute Gasteiger partial charge is 1.00 e. The molecule has 3 amide bonds. The number of allylic oxidation sites excluding steroid dienone is 1. The van der Waals surface area contributed by atoms with Crippen molar-refractivity contribution in [3.63, 3.8) is 0 Å². The molecule has 4 aliphatic rings. The molecule has 174 valence electrons. The Morgan fingerprint density at radius 2 is 2.09 bits per heavy atom. The number of fused-ring (bicyclic) bond motifs is 1. The summed E-state index contributed by atoms with van der Waals surface area (Å²) in [5.74, 6) is -2.13. The molecule has 3 fully saturated rings. The molecule has 1 aromatic heterocycles. The van der Waals surface area contributed by atoms with Crippen molar-refractivity contribution < 1.29 is 53.8 Å². The molecule has 1 saturated carbocycles. The molecule has 0 bridgehead atoms. The first-order valence-electron chi connectivity index (χ1n) is 10.4. The van der Waals surface area contributed by atoms with Gasteiger partial charge in [0.1, 0.15) is 11.4 Å². The van der Waals surface area contributed by atoms with Crippen LogP contribution < -0.4 is 40.0 Å². The molecule has 5 rings (SSSR count). The fourth-order valence-electron chi connectivity index (χ4n) is 4.14. The van der Waals surface area contributed by atoms with Gasteiger partial charge in [-0.1, -0.05) is 11.8 Å². The zero-order valence-corrected chi connectivity index (χ0v) is 22.2. The van der Waals surface area contributed by atoms with Crippen LogP contribution in [0, 0.1) is 0 Å². The van der Waals surface area contributed by atoms with Crippen LogP contribution in [0.25, 0.3) is 0 Å². The van der Waals surface area contributed by atoms with E-state index < -0.39 is 23.3 Å². The first-order valence-corrected chi connectivity index (χ1v) is 12.4. The summed E-state index contributed by atoms with van der Waals surface area (Å²) in [5, 5.41) is 25.5. The maximum absolute atomic E-state index is 12.8. The quantitative estimate of drug-likeness (QED) is 0.162. The van der Waals surface area contributed by atoms with Crippen molar-refractivity contribution in [2.24, 2.45) is 7.05 Å². The molecule has 0 aromatic carbocycles. The smallest absolute Gasteiger partial charge is 0.543 e. The maximum atomic E-state index is 12.8. The van der Waals surface area contributed by atoms with Gasteiger partial charge in [-0.05, 0) is 41.3 Å². The maximum Gasteiger partial charge on any atom is 1.00 e. The third-order valence-electron chi connectivity index (χ3n) is 5.91. The number of nitrogens with one attached hydrogen (secondary N) is 1. The summed E-state index contributed by atoms with van der Waals surface area (Å²) >= 11 is 2.47. The van der Waals surface area contributed by atoms with Gasteiger partial charge in [0.15, 0.2) is 0 Å². The van der Waals surface area contributed by atoms with Gasteiger partial charge in [-0.3, -0.25) is 19.3 Å². The predicted octanol–water partition coefficient (Wildman–Crippen LogP) is -4.97. The Morgan fingerprint density at radius 1 is 1.32 bits per heavy atom. The molecule has 0 radical (unpaired) electrons. The van der Waals surface area contributed by atoms with E-state index in [-0.39, 0.29) is 52.8 Å². The topological polar surface area (TPSA) is 153 Å². The number of amides is 3. The number of thioether (sulfide) groups is 2. The molecule has 0 unspecified atom stereocenters. The van der Waals surface area contributed by atoms with Gasteiger partial charge in [0.05, 0.1) is 17.4 Å². The molecule has 1 aromatic rings. The van der Waals surface area contributed by atoms with Crippen molar-refractivity contribution in [2.45, 2.75) is 41.9 Å². The van der Waals surface area contributed by atoms with Crippen LogP contribution in [0.15, 0.2) is 28.1 Å². The second-order valence-electron chi connectivity index (χ2n) is 8.14. The van der Waals surface area contributed by atoms with E-state index in [2.05, 4.69) is 20.8 Å². The summed E-state index contributed by atoms with van der Waals surface area (Å²) in [7, 11) is 1.65. The first-order chi connectivity index (χ1) is 15.8. The number of nitrogens with zero attached hydrogens (tertiary/aromatic N) is 6. The molecule has 2 atom stereocenters. The minimum Gasteiger partial charge on any atom is -0.543 e. The summed E-state index contributed by atoms with van der Waals surface area (Å²) < 4.78 is 1.43. The van der Waals surface area contributed by atoms with Gasteiger partial charge in [0, 0.05) is 31.0 Å². The number of aliphatic carboxylic acids is 1. The number of carbonyl (C=O) groups is 4. The fourth-order valence-corrected chi connectivity index (χ4v) is 6.11. The van der Waals surface area contributed by atoms with Crippen LogP contribution in [-0.4, -0.2) is 89.2 Å². The first kappa shape index (κ1) is 25.2. The van der Waals surface area contributed by atoms with E-state index in [1.165, 1.54) is 16.4 Å². The third-order valence-corrected chi connectivity index (χ3v) is 8.23. The molecular formula is C19H20N7NaO5S2. The number of carboxylic acids is 1. The van der Waals surface area contributed by atoms with E-state index in [0.717, 1.165) is 29.5 Å². The average molecular weight is 514 g/mol. The molecule has 15 heteroatoms. The van der Waals surface area contributed by atoms with Crippen LogP contribution in [0.5, 0.6) is 0 Å². The fraction of sp³-hybridized carbons (Fsp3) is 0.526. The van der Waals surface area contributed by atoms with Crippen molar-refractivity contribution >= 4 is 47.2 Å². The summed E-state index contributed by atoms with van der Waals surface area (Å²) in [4.78, 5) is 52.6. The van der Waals surface area contributed by atoms with Crippen LogP contribution in [-0.2, 0) is 26.2 Å². The number of rotatable bonds is 7. The van der Waals surface area contributed by atoms with Crippen molar-refractivity contribution in [3.05, 3.63) is 22.9 Å². The normalized spacial score (nSPS) is 25.3. The molecule has 34 heavy (non-hydrogen) atoms. The SMILES string of the molecule is Cn1nnnc1SCC(=O)N[C@@H]1C(=O)N2C(C(=O)[O-])=C(/C=C3\CCN(C4CC4)C3=O)CS[C@H]12.[Na+]. The molecule has 2 saturated heterocycles. The zero-order chi connectivity index (χ0) is 23.3. The van der Waals surface area contributed by atoms with Crippen molar-refractivity contribution in [3.8, 4) is 0 Å². The summed E-state index contributed by atoms with van der Waals surface area (Å²) in [5.41, 5.74) is 0.725. The van der Waals surface area contributed by atoms with E-state index in [0.29, 0.717) is 41.1 Å². The third kappa shape index (κ3) is 4.65. The molecule has 1 aliphatic carbocycles. The number of aromatic nitrogens is 4. The summed E-state index contributed by atoms with van der Waals surface area (Å²) in [6.07, 6.45) is 4.17. The summed E-state index contributed by atoms with van der Waals surface area (Å²) in [6, 6.07) is -0.532. The van der Waals surface area contributed by atoms with Crippen LogP contribution >= 0.6 is 23.5 Å². The van der Waals surface area contributed by atoms with Gasteiger partial charge >= 0.3 is 29.6 Å². The average Bonchev–Trinajstić information content (AvgIpc) is 3.45. The molecule has 12 nitrogen and oxygen atoms in total. The van der Waals surface area contributed by atoms with E-state index in [9.17, 15) is 24.3 Å². The van der Waals surface area contributed by atoms with E-state index in [1.807, 2.05) is 4.90 Å². The van der Waals surface area contributed by atoms with Gasteiger partial charge in [0.25, 0.3) is 5.91 Å². The monoisotopic (exact) mass is 513 g/mol. The molecule has 1 N–H and O–H groups in total. The number of carbonyl (C=O) groups excluding carboxylic acids is 4. The van der Waals surface area contributed by atoms with Gasteiger partial charge in [0.2, 0.25) is 17.0 Å². The number of aryl methyl sites for hydroxylation is 1. The van der Waals surface area contributed by atoms with Crippen molar-refractivity contribution in [2.75, 3.05) is 18.1 Å². The van der Waals surface area contributed by atoms with Gasteiger partial charge in [-0.25, -0.2) is 4.68 Å². The van der Waals surface area contributed by atoms with E-state index in [1.54, 1.807) is 13.1 Å². The van der Waals surface area contributed by atoms with E-state index in [4.69, 9.17) is 0 Å². The minimum atomic E-state index is -1.47. The van der Waals surface area contributed by atoms with Crippen LogP contribution in [0.1, 0.15) is 19.3 Å². The second-order valence-corrected chi connectivity index (χ2v) is 10.2. The molecule has 4 heterocycles. The molecular weight excluding hydrogens is 493 g/mol. The number of hydrogen-bond acceptors (Lipinski definition) is 10. The Morgan fingerprint density at radius 3 is 2.74 bits per heavy atom. The Hall–Kier alpha value is -1.87. The molecule has 3 aliphatic heterocycles. The zero-order valence-electron chi connectivity index (χ0n) is 18.6. The summed E-state index contributed by atoms with van der Waals surface area (Å²) in [6.45, 7) is 0.637. The van der Waals surface area contributed by atoms with Crippen molar-refractivity contribution in [1.29, 1.82) is 0 Å². The van der Waals surface area contributed by atoms with Crippen LogP contribution in [0.3, 0.4) is 0 Å². The predicted molar refractivity (Wildman–Crippen MR) is 114 cm³/mol. The number of β-lactam (4-membered cyclic amide) rings is 1. The van der Waals surface area contributed by atoms with Gasteiger partial charge < -0.3 is 20.1 Å². The van der Waals surface area contributed by atoms with Crippen LogP contribution in [0.4, 0.5) is 0 Å². The Balaban J connectivity index is 0.00000274. The molecule has 0 spiro atoms. The minimum absolute atomic E-state index is 0. The number of hydrogen-bond donors (Lipinski definition) is 1. The van der Waals surface area contributed by atoms with Crippen molar-refractivity contribution in [1.82, 2.24) is 35.3 Å². The van der Waals surface area contributed by atoms with E-state index >= 15 is 0 Å². The van der Waals surface area contributed by atoms with Gasteiger partial charge in [-0.2, -0.15) is 0 Å². The number of tetrazole rings is 1. The van der Waals surface area contributed by atoms with Gasteiger partial charge in [-0.15, -0.1) is 16.9 Å². The number of carboxylic acid groups (broad SMARTS) is 1. The van der Waals surface area contributed by atoms with Crippen LogP contribution in [0.2, 0.25) is 0 Å². The standard InChI is InChI=1S/C19H21N7O5S2.Na/c1-24-19(21-22-23-24)33-8-12(27)20-13-16(29)26-14(18(30)31)10(7-32-17(13)26)6-9-4-5-25(15(9)28)11-2-3-11;/h6,11,13,17H,2-5,7-8H2,1H3,(H,20,27)(H,30,31);/q;+1/p-1/b9-6+;/t13-,17-;/m1./s1. The second kappa shape index (κ2) is 10.0.